The third-order valence-corrected chi connectivity index (χ3v) is 3.02. The van der Waals surface area contributed by atoms with E-state index >= 15 is 0 Å². The van der Waals surface area contributed by atoms with Gasteiger partial charge >= 0.3 is 6.09 Å². The first kappa shape index (κ1) is 15.2. The van der Waals surface area contributed by atoms with E-state index in [0.29, 0.717) is 19.1 Å². The number of amides is 1. The maximum absolute atomic E-state index is 11.6. The second-order valence-corrected chi connectivity index (χ2v) is 5.79. The molecule has 1 fully saturated rings. The zero-order valence-corrected chi connectivity index (χ0v) is 11.7. The van der Waals surface area contributed by atoms with Crippen molar-refractivity contribution in [2.45, 2.75) is 51.7 Å². The highest BCUT2D eigenvalue weighted by molar-refractivity contribution is 5.67. The smallest absolute Gasteiger partial charge is 0.407 e. The lowest BCUT2D eigenvalue weighted by molar-refractivity contribution is 0.0488. The van der Waals surface area contributed by atoms with Crippen LogP contribution in [0.1, 0.15) is 40.0 Å². The van der Waals surface area contributed by atoms with Crippen LogP contribution in [0.3, 0.4) is 0 Å². The van der Waals surface area contributed by atoms with Crippen molar-refractivity contribution in [1.29, 1.82) is 0 Å². The number of carbonyl (C=O) groups is 1. The molecule has 1 atom stereocenters. The number of hydrogen-bond acceptors (Lipinski definition) is 4. The third-order valence-electron chi connectivity index (χ3n) is 3.02. The van der Waals surface area contributed by atoms with Crippen LogP contribution in [0.2, 0.25) is 0 Å². The van der Waals surface area contributed by atoms with E-state index in [1.807, 2.05) is 20.8 Å². The number of carbonyl (C=O) groups excluding carboxylic acids is 1. The van der Waals surface area contributed by atoms with Crippen molar-refractivity contribution < 1.29 is 14.6 Å². The minimum atomic E-state index is -0.457. The first-order chi connectivity index (χ1) is 8.42. The van der Waals surface area contributed by atoms with Gasteiger partial charge in [0.05, 0.1) is 6.61 Å². The molecule has 0 aromatic rings. The molecule has 0 aromatic carbocycles. The van der Waals surface area contributed by atoms with E-state index < -0.39 is 5.60 Å². The Labute approximate surface area is 109 Å². The van der Waals surface area contributed by atoms with Crippen LogP contribution in [0.5, 0.6) is 0 Å². The summed E-state index contributed by atoms with van der Waals surface area (Å²) < 4.78 is 5.21. The number of piperidine rings is 1. The SMILES string of the molecule is CC(C)(C)OC(=O)NC[C@H]1CCCCN1CCO. The third kappa shape index (κ3) is 5.69. The van der Waals surface area contributed by atoms with Crippen LogP contribution in [0, 0.1) is 0 Å². The predicted molar refractivity (Wildman–Crippen MR) is 70.5 cm³/mol. The molecule has 1 amide bonds. The lowest BCUT2D eigenvalue weighted by Crippen LogP contribution is -2.48. The second kappa shape index (κ2) is 6.95. The van der Waals surface area contributed by atoms with Crippen LogP contribution in [-0.4, -0.2) is 54.0 Å². The summed E-state index contributed by atoms with van der Waals surface area (Å²) in [6.07, 6.45) is 3.05. The van der Waals surface area contributed by atoms with E-state index in [9.17, 15) is 4.79 Å². The summed E-state index contributed by atoms with van der Waals surface area (Å²) in [6.45, 7) is 8.00. The molecule has 1 aliphatic rings. The van der Waals surface area contributed by atoms with Gasteiger partial charge in [0, 0.05) is 19.1 Å². The number of aliphatic hydroxyl groups is 1. The van der Waals surface area contributed by atoms with Crippen LogP contribution < -0.4 is 5.32 Å². The van der Waals surface area contributed by atoms with Gasteiger partial charge in [0.25, 0.3) is 0 Å². The highest BCUT2D eigenvalue weighted by atomic mass is 16.6. The summed E-state index contributed by atoms with van der Waals surface area (Å²) in [4.78, 5) is 13.8. The Bertz CT molecular complexity index is 261. The van der Waals surface area contributed by atoms with Crippen molar-refractivity contribution >= 4 is 6.09 Å². The second-order valence-electron chi connectivity index (χ2n) is 5.79. The fourth-order valence-electron chi connectivity index (χ4n) is 2.23. The minimum Gasteiger partial charge on any atom is -0.444 e. The van der Waals surface area contributed by atoms with Crippen molar-refractivity contribution in [3.8, 4) is 0 Å². The molecule has 0 radical (unpaired) electrons. The van der Waals surface area contributed by atoms with Gasteiger partial charge in [0.2, 0.25) is 0 Å². The number of rotatable bonds is 4. The fourth-order valence-corrected chi connectivity index (χ4v) is 2.23. The molecular formula is C13H26N2O3. The molecule has 2 N–H and O–H groups in total. The van der Waals surface area contributed by atoms with Gasteiger partial charge in [-0.1, -0.05) is 6.42 Å². The zero-order chi connectivity index (χ0) is 13.6. The van der Waals surface area contributed by atoms with Gasteiger partial charge in [-0.05, 0) is 40.2 Å². The molecule has 5 heteroatoms. The molecule has 106 valence electrons. The molecule has 1 rings (SSSR count). The molecule has 0 aromatic heterocycles. The van der Waals surface area contributed by atoms with E-state index in [4.69, 9.17) is 9.84 Å². The van der Waals surface area contributed by atoms with Gasteiger partial charge < -0.3 is 15.2 Å². The van der Waals surface area contributed by atoms with Crippen LogP contribution in [0.15, 0.2) is 0 Å². The summed E-state index contributed by atoms with van der Waals surface area (Å²) in [5, 5.41) is 11.8. The molecule has 0 unspecified atom stereocenters. The van der Waals surface area contributed by atoms with Gasteiger partial charge in [0.15, 0.2) is 0 Å². The average Bonchev–Trinajstić information content (AvgIpc) is 2.26. The predicted octanol–water partition coefficient (Wildman–Crippen LogP) is 1.36. The zero-order valence-electron chi connectivity index (χ0n) is 11.7. The van der Waals surface area contributed by atoms with Crippen LogP contribution >= 0.6 is 0 Å². The highest BCUT2D eigenvalue weighted by Crippen LogP contribution is 2.16. The molecule has 1 aliphatic heterocycles. The maximum Gasteiger partial charge on any atom is 0.407 e. The summed E-state index contributed by atoms with van der Waals surface area (Å²) in [5.41, 5.74) is -0.457. The monoisotopic (exact) mass is 258 g/mol. The summed E-state index contributed by atoms with van der Waals surface area (Å²) in [5.74, 6) is 0. The maximum atomic E-state index is 11.6. The number of nitrogens with zero attached hydrogens (tertiary/aromatic N) is 1. The Morgan fingerprint density at radius 3 is 2.78 bits per heavy atom. The average molecular weight is 258 g/mol. The van der Waals surface area contributed by atoms with Crippen molar-refractivity contribution in [3.63, 3.8) is 0 Å². The van der Waals surface area contributed by atoms with Gasteiger partial charge in [-0.3, -0.25) is 4.90 Å². The fraction of sp³-hybridized carbons (Fsp3) is 0.923. The molecule has 18 heavy (non-hydrogen) atoms. The van der Waals surface area contributed by atoms with Crippen molar-refractivity contribution in [1.82, 2.24) is 10.2 Å². The molecule has 1 heterocycles. The van der Waals surface area contributed by atoms with Crippen LogP contribution in [-0.2, 0) is 4.74 Å². The molecule has 0 saturated carbocycles. The van der Waals surface area contributed by atoms with E-state index in [0.717, 1.165) is 13.0 Å². The molecule has 1 saturated heterocycles. The van der Waals surface area contributed by atoms with E-state index in [-0.39, 0.29) is 12.7 Å². The molecular weight excluding hydrogens is 232 g/mol. The topological polar surface area (TPSA) is 61.8 Å². The standard InChI is InChI=1S/C13H26N2O3/c1-13(2,3)18-12(17)14-10-11-6-4-5-7-15(11)8-9-16/h11,16H,4-10H2,1-3H3,(H,14,17)/t11-/m1/s1. The number of β-amino-alcohol motifs (C(OH)–C–C–N with tert-alkyl or cyclic N) is 1. The van der Waals surface area contributed by atoms with E-state index in [1.165, 1.54) is 12.8 Å². The summed E-state index contributed by atoms with van der Waals surface area (Å²) in [6, 6.07) is 0.318. The lowest BCUT2D eigenvalue weighted by atomic mass is 10.0. The number of ether oxygens (including phenoxy) is 1. The van der Waals surface area contributed by atoms with Crippen molar-refractivity contribution in [2.24, 2.45) is 0 Å². The molecule has 5 nitrogen and oxygen atoms in total. The normalized spacial score (nSPS) is 21.7. The molecule has 0 aliphatic carbocycles. The highest BCUT2D eigenvalue weighted by Gasteiger charge is 2.23. The first-order valence-electron chi connectivity index (χ1n) is 6.74. The Hall–Kier alpha value is -0.810. The van der Waals surface area contributed by atoms with Crippen molar-refractivity contribution in [3.05, 3.63) is 0 Å². The summed E-state index contributed by atoms with van der Waals surface area (Å²) >= 11 is 0. The molecule has 0 spiro atoms. The quantitative estimate of drug-likeness (QED) is 0.799. The minimum absolute atomic E-state index is 0.170. The number of aliphatic hydroxyl groups excluding tert-OH is 1. The first-order valence-corrected chi connectivity index (χ1v) is 6.74. The Morgan fingerprint density at radius 2 is 2.17 bits per heavy atom. The van der Waals surface area contributed by atoms with Gasteiger partial charge in [-0.15, -0.1) is 0 Å². The number of nitrogens with one attached hydrogen (secondary N) is 1. The van der Waals surface area contributed by atoms with E-state index in [1.54, 1.807) is 0 Å². The Balaban J connectivity index is 2.33. The largest absolute Gasteiger partial charge is 0.444 e. The lowest BCUT2D eigenvalue weighted by Gasteiger charge is -2.35. The summed E-state index contributed by atoms with van der Waals surface area (Å²) in [7, 11) is 0. The number of likely N-dealkylation sites (tertiary alicyclic amines) is 1. The molecule has 0 bridgehead atoms. The van der Waals surface area contributed by atoms with Crippen LogP contribution in [0.25, 0.3) is 0 Å². The van der Waals surface area contributed by atoms with Gasteiger partial charge in [0.1, 0.15) is 5.60 Å². The van der Waals surface area contributed by atoms with Crippen LogP contribution in [0.4, 0.5) is 4.79 Å². The Morgan fingerprint density at radius 1 is 1.44 bits per heavy atom. The van der Waals surface area contributed by atoms with E-state index in [2.05, 4.69) is 10.2 Å². The number of hydrogen-bond donors (Lipinski definition) is 2. The Kier molecular flexibility index (Phi) is 5.88. The number of alkyl carbamates (subject to hydrolysis) is 1. The van der Waals surface area contributed by atoms with Gasteiger partial charge in [-0.25, -0.2) is 4.79 Å². The van der Waals surface area contributed by atoms with Gasteiger partial charge in [-0.2, -0.15) is 0 Å². The van der Waals surface area contributed by atoms with Crippen molar-refractivity contribution in [2.75, 3.05) is 26.2 Å².